The predicted molar refractivity (Wildman–Crippen MR) is 112 cm³/mol. The summed E-state index contributed by atoms with van der Waals surface area (Å²) in [5, 5.41) is 21.7. The summed E-state index contributed by atoms with van der Waals surface area (Å²) >= 11 is 2.07. The molecular formula is C20H18INO7. The highest BCUT2D eigenvalue weighted by molar-refractivity contribution is 14.1. The lowest BCUT2D eigenvalue weighted by Crippen LogP contribution is -2.21. The molecule has 152 valence electrons. The minimum absolute atomic E-state index is 0.0538. The monoisotopic (exact) mass is 511 g/mol. The molecule has 0 spiro atoms. The second-order valence-electron chi connectivity index (χ2n) is 6.28. The van der Waals surface area contributed by atoms with Gasteiger partial charge in [-0.15, -0.1) is 0 Å². The van der Waals surface area contributed by atoms with E-state index in [1.165, 1.54) is 12.1 Å². The van der Waals surface area contributed by atoms with Gasteiger partial charge < -0.3 is 24.4 Å². The number of benzene rings is 2. The first-order chi connectivity index (χ1) is 13.8. The van der Waals surface area contributed by atoms with Crippen LogP contribution in [0.3, 0.4) is 0 Å². The second-order valence-corrected chi connectivity index (χ2v) is 7.52. The number of aromatic hydroxyl groups is 1. The Morgan fingerprint density at radius 2 is 1.97 bits per heavy atom. The summed E-state index contributed by atoms with van der Waals surface area (Å²) in [5.74, 6) is -0.600. The summed E-state index contributed by atoms with van der Waals surface area (Å²) in [6.07, 6.45) is 0.707. The minimum Gasteiger partial charge on any atom is -0.508 e. The summed E-state index contributed by atoms with van der Waals surface area (Å²) in [6, 6.07) is 9.80. The zero-order chi connectivity index (χ0) is 21.0. The third kappa shape index (κ3) is 5.31. The summed E-state index contributed by atoms with van der Waals surface area (Å²) in [7, 11) is 0. The molecule has 1 amide bonds. The molecule has 9 heteroatoms. The van der Waals surface area contributed by atoms with Gasteiger partial charge >= 0.3 is 12.1 Å². The van der Waals surface area contributed by atoms with Gasteiger partial charge in [0.15, 0.2) is 11.5 Å². The Morgan fingerprint density at radius 3 is 2.72 bits per heavy atom. The Bertz CT molecular complexity index is 960. The quantitative estimate of drug-likeness (QED) is 0.392. The summed E-state index contributed by atoms with van der Waals surface area (Å²) < 4.78 is 16.9. The number of carboxylic acids is 1. The molecular weight excluding hydrogens is 493 g/mol. The average Bonchev–Trinajstić information content (AvgIpc) is 3.14. The first-order valence-electron chi connectivity index (χ1n) is 8.60. The molecule has 1 aliphatic rings. The maximum atomic E-state index is 12.5. The van der Waals surface area contributed by atoms with Crippen LogP contribution in [0.4, 0.5) is 10.5 Å². The molecule has 29 heavy (non-hydrogen) atoms. The number of aliphatic carboxylic acids is 1. The van der Waals surface area contributed by atoms with Gasteiger partial charge in [0.25, 0.3) is 0 Å². The molecule has 3 N–H and O–H groups in total. The van der Waals surface area contributed by atoms with E-state index < -0.39 is 24.1 Å². The van der Waals surface area contributed by atoms with Gasteiger partial charge in [0.1, 0.15) is 11.9 Å². The summed E-state index contributed by atoms with van der Waals surface area (Å²) in [4.78, 5) is 23.4. The smallest absolute Gasteiger partial charge is 0.412 e. The number of halogens is 1. The maximum Gasteiger partial charge on any atom is 0.412 e. The predicted octanol–water partition coefficient (Wildman–Crippen LogP) is 4.29. The van der Waals surface area contributed by atoms with E-state index in [0.717, 1.165) is 9.65 Å². The largest absolute Gasteiger partial charge is 0.508 e. The number of nitrogens with one attached hydrogen (secondary N) is 1. The Hall–Kier alpha value is -2.95. The fourth-order valence-electron chi connectivity index (χ4n) is 2.78. The van der Waals surface area contributed by atoms with Gasteiger partial charge in [0.2, 0.25) is 6.79 Å². The van der Waals surface area contributed by atoms with Gasteiger partial charge in [-0.25, -0.2) is 9.59 Å². The molecule has 0 unspecified atom stereocenters. The van der Waals surface area contributed by atoms with Crippen molar-refractivity contribution in [2.45, 2.75) is 13.0 Å². The maximum absolute atomic E-state index is 12.5. The lowest BCUT2D eigenvalue weighted by atomic mass is 9.96. The molecule has 8 nitrogen and oxygen atoms in total. The number of carboxylic acid groups (broad SMARTS) is 1. The molecule has 0 aliphatic carbocycles. The Labute approximate surface area is 180 Å². The molecule has 0 radical (unpaired) electrons. The molecule has 2 aromatic rings. The van der Waals surface area contributed by atoms with Crippen molar-refractivity contribution in [1.29, 1.82) is 0 Å². The van der Waals surface area contributed by atoms with Crippen LogP contribution in [0.15, 0.2) is 48.6 Å². The summed E-state index contributed by atoms with van der Waals surface area (Å²) in [5.41, 5.74) is 0.818. The lowest BCUT2D eigenvalue weighted by molar-refractivity contribution is -0.131. The van der Waals surface area contributed by atoms with Crippen LogP contribution < -0.4 is 14.8 Å². The van der Waals surface area contributed by atoms with Crippen molar-refractivity contribution >= 4 is 40.3 Å². The van der Waals surface area contributed by atoms with Crippen molar-refractivity contribution < 1.29 is 34.0 Å². The number of hydrogen-bond donors (Lipinski definition) is 3. The lowest BCUT2D eigenvalue weighted by Gasteiger charge is -2.23. The van der Waals surface area contributed by atoms with Crippen LogP contribution in [0, 0.1) is 9.49 Å². The van der Waals surface area contributed by atoms with Crippen molar-refractivity contribution in [2.75, 3.05) is 12.1 Å². The minimum atomic E-state index is -1.12. The standard InChI is InChI=1S/C20H18INO7/c1-11(2-7-18(24)25)19(14-8-12(21)3-5-15(14)23)29-20(26)22-13-4-6-16-17(9-13)28-10-27-16/h2-9,11,19,23H,10H2,1H3,(H,22,26)(H,24,25)/b7-2+/t11-,19+/m0/s1. The molecule has 0 bridgehead atoms. The normalized spacial score (nSPS) is 14.4. The molecule has 0 aromatic heterocycles. The third-order valence-electron chi connectivity index (χ3n) is 4.17. The van der Waals surface area contributed by atoms with Crippen LogP contribution in [0.1, 0.15) is 18.6 Å². The van der Waals surface area contributed by atoms with E-state index in [4.69, 9.17) is 19.3 Å². The fourth-order valence-corrected chi connectivity index (χ4v) is 3.29. The van der Waals surface area contributed by atoms with E-state index in [2.05, 4.69) is 27.9 Å². The van der Waals surface area contributed by atoms with Crippen LogP contribution in [0.2, 0.25) is 0 Å². The van der Waals surface area contributed by atoms with Crippen LogP contribution in [0.5, 0.6) is 17.2 Å². The topological polar surface area (TPSA) is 114 Å². The van der Waals surface area contributed by atoms with Crippen molar-refractivity contribution in [3.63, 3.8) is 0 Å². The Morgan fingerprint density at radius 1 is 1.21 bits per heavy atom. The molecule has 1 heterocycles. The number of anilines is 1. The number of hydrogen-bond acceptors (Lipinski definition) is 6. The zero-order valence-corrected chi connectivity index (χ0v) is 17.5. The molecule has 0 fully saturated rings. The first-order valence-corrected chi connectivity index (χ1v) is 9.68. The SMILES string of the molecule is C[C@@H](/C=C/C(=O)O)[C@@H](OC(=O)Nc1ccc2c(c1)OCO2)c1cc(I)ccc1O. The van der Waals surface area contributed by atoms with Gasteiger partial charge in [0, 0.05) is 32.9 Å². The van der Waals surface area contributed by atoms with Gasteiger partial charge in [-0.2, -0.15) is 0 Å². The number of carbonyl (C=O) groups is 2. The average molecular weight is 511 g/mol. The van der Waals surface area contributed by atoms with Gasteiger partial charge in [-0.1, -0.05) is 13.0 Å². The van der Waals surface area contributed by atoms with Crippen molar-refractivity contribution in [1.82, 2.24) is 0 Å². The fraction of sp³-hybridized carbons (Fsp3) is 0.200. The number of fused-ring (bicyclic) bond motifs is 1. The van der Waals surface area contributed by atoms with Crippen molar-refractivity contribution in [2.24, 2.45) is 5.92 Å². The van der Waals surface area contributed by atoms with E-state index in [1.54, 1.807) is 37.3 Å². The molecule has 2 aromatic carbocycles. The van der Waals surface area contributed by atoms with E-state index in [1.807, 2.05) is 0 Å². The van der Waals surface area contributed by atoms with E-state index in [-0.39, 0.29) is 12.5 Å². The van der Waals surface area contributed by atoms with E-state index >= 15 is 0 Å². The number of carbonyl (C=O) groups excluding carboxylic acids is 1. The molecule has 2 atom stereocenters. The molecule has 1 aliphatic heterocycles. The molecule has 0 saturated carbocycles. The van der Waals surface area contributed by atoms with E-state index in [0.29, 0.717) is 22.7 Å². The van der Waals surface area contributed by atoms with E-state index in [9.17, 15) is 14.7 Å². The van der Waals surface area contributed by atoms with Gasteiger partial charge in [-0.05, 0) is 52.9 Å². The third-order valence-corrected chi connectivity index (χ3v) is 4.84. The van der Waals surface area contributed by atoms with Gasteiger partial charge in [0.05, 0.1) is 0 Å². The second kappa shape index (κ2) is 9.03. The van der Waals surface area contributed by atoms with Crippen molar-refractivity contribution in [3.05, 3.63) is 57.7 Å². The van der Waals surface area contributed by atoms with Crippen LogP contribution >= 0.6 is 22.6 Å². The highest BCUT2D eigenvalue weighted by Crippen LogP contribution is 2.36. The molecule has 0 saturated heterocycles. The number of amides is 1. The highest BCUT2D eigenvalue weighted by Gasteiger charge is 2.26. The first kappa shape index (κ1) is 20.8. The van der Waals surface area contributed by atoms with Gasteiger partial charge in [-0.3, -0.25) is 5.32 Å². The van der Waals surface area contributed by atoms with Crippen LogP contribution in [0.25, 0.3) is 0 Å². The number of phenols is 1. The van der Waals surface area contributed by atoms with Crippen molar-refractivity contribution in [3.8, 4) is 17.2 Å². The zero-order valence-electron chi connectivity index (χ0n) is 15.3. The Balaban J connectivity index is 1.81. The van der Waals surface area contributed by atoms with Crippen LogP contribution in [-0.4, -0.2) is 29.1 Å². The highest BCUT2D eigenvalue weighted by atomic mass is 127. The molecule has 3 rings (SSSR count). The Kier molecular flexibility index (Phi) is 6.47. The summed E-state index contributed by atoms with van der Waals surface area (Å²) in [6.45, 7) is 1.81. The van der Waals surface area contributed by atoms with Crippen LogP contribution in [-0.2, 0) is 9.53 Å². The number of phenolic OH excluding ortho intramolecular Hbond substituents is 1. The number of ether oxygens (including phenoxy) is 3. The number of rotatable bonds is 6.